The highest BCUT2D eigenvalue weighted by Gasteiger charge is 2.23. The first kappa shape index (κ1) is 9.52. The molecule has 0 saturated heterocycles. The van der Waals surface area contributed by atoms with Crippen molar-refractivity contribution >= 4 is 5.91 Å². The van der Waals surface area contributed by atoms with Gasteiger partial charge in [-0.25, -0.2) is 0 Å². The van der Waals surface area contributed by atoms with Gasteiger partial charge in [-0.3, -0.25) is 4.79 Å². The molecular weight excluding hydrogens is 152 g/mol. The maximum Gasteiger partial charge on any atom is 0.217 e. The molecule has 1 aliphatic carbocycles. The third-order valence-corrected chi connectivity index (χ3v) is 2.53. The van der Waals surface area contributed by atoms with E-state index in [0.29, 0.717) is 12.1 Å². The van der Waals surface area contributed by atoms with Gasteiger partial charge in [0.05, 0.1) is 0 Å². The van der Waals surface area contributed by atoms with Gasteiger partial charge in [0.2, 0.25) is 5.91 Å². The van der Waals surface area contributed by atoms with E-state index in [0.717, 1.165) is 6.42 Å². The van der Waals surface area contributed by atoms with Crippen LogP contribution in [0.1, 0.15) is 32.6 Å². The first-order valence-corrected chi connectivity index (χ1v) is 4.68. The molecule has 0 aromatic carbocycles. The fraction of sp³-hybridized carbons (Fsp3) is 0.889. The van der Waals surface area contributed by atoms with Gasteiger partial charge in [-0.05, 0) is 19.9 Å². The second kappa shape index (κ2) is 4.45. The maximum atomic E-state index is 10.8. The van der Waals surface area contributed by atoms with Crippen LogP contribution in [0.15, 0.2) is 0 Å². The van der Waals surface area contributed by atoms with Crippen LogP contribution in [-0.2, 0) is 4.79 Å². The molecule has 2 atom stereocenters. The van der Waals surface area contributed by atoms with Crippen LogP contribution < -0.4 is 10.6 Å². The molecule has 1 saturated carbocycles. The van der Waals surface area contributed by atoms with E-state index in [9.17, 15) is 4.79 Å². The number of likely N-dealkylation sites (N-methyl/N-ethyl adjacent to an activating group) is 1. The summed E-state index contributed by atoms with van der Waals surface area (Å²) >= 11 is 0. The van der Waals surface area contributed by atoms with Crippen molar-refractivity contribution in [3.8, 4) is 0 Å². The zero-order valence-corrected chi connectivity index (χ0v) is 7.89. The molecule has 70 valence electrons. The van der Waals surface area contributed by atoms with Gasteiger partial charge >= 0.3 is 0 Å². The summed E-state index contributed by atoms with van der Waals surface area (Å²) in [6.45, 7) is 1.58. The lowest BCUT2D eigenvalue weighted by atomic mass is 9.90. The van der Waals surface area contributed by atoms with E-state index in [1.54, 1.807) is 6.92 Å². The van der Waals surface area contributed by atoms with Crippen LogP contribution in [0.25, 0.3) is 0 Å². The first-order chi connectivity index (χ1) is 5.74. The van der Waals surface area contributed by atoms with Crippen molar-refractivity contribution in [1.82, 2.24) is 10.6 Å². The number of amides is 1. The van der Waals surface area contributed by atoms with Crippen molar-refractivity contribution in [2.75, 3.05) is 7.05 Å². The van der Waals surface area contributed by atoms with E-state index in [1.807, 2.05) is 7.05 Å². The monoisotopic (exact) mass is 170 g/mol. The molecule has 12 heavy (non-hydrogen) atoms. The molecule has 0 aromatic rings. The largest absolute Gasteiger partial charge is 0.352 e. The lowest BCUT2D eigenvalue weighted by molar-refractivity contribution is -0.120. The van der Waals surface area contributed by atoms with Crippen molar-refractivity contribution in [3.05, 3.63) is 0 Å². The molecular formula is C9H18N2O. The zero-order chi connectivity index (χ0) is 8.97. The molecule has 3 nitrogen and oxygen atoms in total. The van der Waals surface area contributed by atoms with E-state index >= 15 is 0 Å². The Labute approximate surface area is 73.9 Å². The molecule has 2 N–H and O–H groups in total. The van der Waals surface area contributed by atoms with E-state index in [2.05, 4.69) is 10.6 Å². The Morgan fingerprint density at radius 1 is 1.25 bits per heavy atom. The molecule has 1 fully saturated rings. The molecule has 0 bridgehead atoms. The minimum atomic E-state index is 0.0853. The normalized spacial score (nSPS) is 29.8. The summed E-state index contributed by atoms with van der Waals surface area (Å²) in [6, 6.07) is 0.823. The van der Waals surface area contributed by atoms with Crippen LogP contribution in [0, 0.1) is 0 Å². The average Bonchev–Trinajstić information content (AvgIpc) is 2.04. The molecule has 0 heterocycles. The van der Waals surface area contributed by atoms with Crippen LogP contribution in [-0.4, -0.2) is 25.0 Å². The summed E-state index contributed by atoms with van der Waals surface area (Å²) in [6.07, 6.45) is 4.82. The summed E-state index contributed by atoms with van der Waals surface area (Å²) in [7, 11) is 1.96. The highest BCUT2D eigenvalue weighted by Crippen LogP contribution is 2.17. The summed E-state index contributed by atoms with van der Waals surface area (Å²) in [5.41, 5.74) is 0. The van der Waals surface area contributed by atoms with E-state index in [4.69, 9.17) is 0 Å². The van der Waals surface area contributed by atoms with Gasteiger partial charge in [0, 0.05) is 19.0 Å². The predicted molar refractivity (Wildman–Crippen MR) is 48.9 cm³/mol. The van der Waals surface area contributed by atoms with E-state index in [-0.39, 0.29) is 5.91 Å². The molecule has 0 radical (unpaired) electrons. The fourth-order valence-corrected chi connectivity index (χ4v) is 1.91. The summed E-state index contributed by atoms with van der Waals surface area (Å²) in [5.74, 6) is 0.0853. The van der Waals surface area contributed by atoms with Crippen LogP contribution in [0.4, 0.5) is 0 Å². The number of rotatable bonds is 2. The van der Waals surface area contributed by atoms with Crippen molar-refractivity contribution in [3.63, 3.8) is 0 Å². The Bertz CT molecular complexity index is 159. The molecule has 1 aliphatic rings. The van der Waals surface area contributed by atoms with Gasteiger partial charge < -0.3 is 10.6 Å². The Kier molecular flexibility index (Phi) is 3.53. The quantitative estimate of drug-likeness (QED) is 0.639. The minimum absolute atomic E-state index is 0.0853. The summed E-state index contributed by atoms with van der Waals surface area (Å²) in [5, 5.41) is 6.23. The van der Waals surface area contributed by atoms with Gasteiger partial charge in [0.15, 0.2) is 0 Å². The van der Waals surface area contributed by atoms with Gasteiger partial charge in [-0.2, -0.15) is 0 Å². The number of carbonyl (C=O) groups excluding carboxylic acids is 1. The highest BCUT2D eigenvalue weighted by molar-refractivity contribution is 5.73. The SMILES string of the molecule is CN[C@H]1CCCC[C@@H]1NC(C)=O. The molecule has 3 heteroatoms. The Morgan fingerprint density at radius 2 is 1.83 bits per heavy atom. The van der Waals surface area contributed by atoms with Crippen molar-refractivity contribution in [2.45, 2.75) is 44.7 Å². The van der Waals surface area contributed by atoms with Gasteiger partial charge in [0.1, 0.15) is 0 Å². The Balaban J connectivity index is 2.41. The maximum absolute atomic E-state index is 10.8. The minimum Gasteiger partial charge on any atom is -0.352 e. The molecule has 0 spiro atoms. The fourth-order valence-electron chi connectivity index (χ4n) is 1.91. The van der Waals surface area contributed by atoms with Crippen molar-refractivity contribution < 1.29 is 4.79 Å². The van der Waals surface area contributed by atoms with Crippen LogP contribution in [0.5, 0.6) is 0 Å². The number of carbonyl (C=O) groups is 1. The standard InChI is InChI=1S/C9H18N2O/c1-7(12)11-9-6-4-3-5-8(9)10-2/h8-10H,3-6H2,1-2H3,(H,11,12)/t8-,9-/m0/s1. The van der Waals surface area contributed by atoms with E-state index < -0.39 is 0 Å². The molecule has 0 aliphatic heterocycles. The lowest BCUT2D eigenvalue weighted by Crippen LogP contribution is -2.49. The second-order valence-corrected chi connectivity index (χ2v) is 3.49. The number of nitrogens with one attached hydrogen (secondary N) is 2. The Hall–Kier alpha value is -0.570. The van der Waals surface area contributed by atoms with Crippen LogP contribution in [0.3, 0.4) is 0 Å². The third-order valence-electron chi connectivity index (χ3n) is 2.53. The van der Waals surface area contributed by atoms with Crippen molar-refractivity contribution in [1.29, 1.82) is 0 Å². The van der Waals surface area contributed by atoms with Gasteiger partial charge in [-0.1, -0.05) is 12.8 Å². The second-order valence-electron chi connectivity index (χ2n) is 3.49. The molecule has 0 unspecified atom stereocenters. The van der Waals surface area contributed by atoms with Gasteiger partial charge in [-0.15, -0.1) is 0 Å². The summed E-state index contributed by atoms with van der Waals surface area (Å²) < 4.78 is 0. The molecule has 1 amide bonds. The third kappa shape index (κ3) is 2.48. The summed E-state index contributed by atoms with van der Waals surface area (Å²) in [4.78, 5) is 10.8. The predicted octanol–water partition coefficient (Wildman–Crippen LogP) is 0.653. The number of hydrogen-bond acceptors (Lipinski definition) is 2. The molecule has 0 aromatic heterocycles. The number of hydrogen-bond donors (Lipinski definition) is 2. The van der Waals surface area contributed by atoms with Crippen LogP contribution in [0.2, 0.25) is 0 Å². The zero-order valence-electron chi connectivity index (χ0n) is 7.89. The average molecular weight is 170 g/mol. The van der Waals surface area contributed by atoms with Gasteiger partial charge in [0.25, 0.3) is 0 Å². The Morgan fingerprint density at radius 3 is 2.33 bits per heavy atom. The molecule has 1 rings (SSSR count). The van der Waals surface area contributed by atoms with Crippen molar-refractivity contribution in [2.24, 2.45) is 0 Å². The van der Waals surface area contributed by atoms with E-state index in [1.165, 1.54) is 19.3 Å². The first-order valence-electron chi connectivity index (χ1n) is 4.68. The lowest BCUT2D eigenvalue weighted by Gasteiger charge is -2.31. The smallest absolute Gasteiger partial charge is 0.217 e. The highest BCUT2D eigenvalue weighted by atomic mass is 16.1. The van der Waals surface area contributed by atoms with Crippen LogP contribution >= 0.6 is 0 Å². The topological polar surface area (TPSA) is 41.1 Å².